The maximum absolute atomic E-state index is 13.9. The number of nitrogens with zero attached hydrogens (tertiary/aromatic N) is 5. The van der Waals surface area contributed by atoms with Crippen molar-refractivity contribution in [2.45, 2.75) is 24.9 Å². The minimum atomic E-state index is -4.98. The molecule has 0 atom stereocenters. The fraction of sp³-hybridized carbons (Fsp3) is 0.312. The molecule has 252 valence electrons. The van der Waals surface area contributed by atoms with E-state index in [0.29, 0.717) is 50.4 Å². The smallest absolute Gasteiger partial charge is 0.417 e. The van der Waals surface area contributed by atoms with Crippen LogP contribution in [0.1, 0.15) is 40.6 Å². The van der Waals surface area contributed by atoms with Crippen LogP contribution >= 0.6 is 0 Å². The number of pyridine rings is 1. The van der Waals surface area contributed by atoms with Crippen molar-refractivity contribution in [2.75, 3.05) is 59.7 Å². The molecule has 0 radical (unpaired) electrons. The third kappa shape index (κ3) is 7.31. The summed E-state index contributed by atoms with van der Waals surface area (Å²) in [6, 6.07) is 11.3. The number of piperazine rings is 1. The number of piperidine rings is 1. The van der Waals surface area contributed by atoms with Gasteiger partial charge in [-0.05, 0) is 60.7 Å². The molecule has 0 bridgehead atoms. The third-order valence-corrected chi connectivity index (χ3v) is 8.22. The van der Waals surface area contributed by atoms with Gasteiger partial charge in [0, 0.05) is 45.3 Å². The van der Waals surface area contributed by atoms with Gasteiger partial charge in [0.15, 0.2) is 5.69 Å². The van der Waals surface area contributed by atoms with Crippen LogP contribution in [0, 0.1) is 17.5 Å². The van der Waals surface area contributed by atoms with E-state index in [0.717, 1.165) is 6.07 Å². The summed E-state index contributed by atoms with van der Waals surface area (Å²) in [6.07, 6.45) is -2.94. The highest BCUT2D eigenvalue weighted by Crippen LogP contribution is 2.37. The van der Waals surface area contributed by atoms with Gasteiger partial charge in [-0.3, -0.25) is 4.79 Å². The predicted molar refractivity (Wildman–Crippen MR) is 163 cm³/mol. The molecule has 2 aromatic carbocycles. The number of alkyl halides is 3. The molecule has 4 aromatic rings. The van der Waals surface area contributed by atoms with Crippen molar-refractivity contribution >= 4 is 35.1 Å². The molecule has 2 aromatic heterocycles. The molecule has 4 heterocycles. The summed E-state index contributed by atoms with van der Waals surface area (Å²) < 4.78 is 88.3. The molecule has 2 N–H and O–H groups in total. The van der Waals surface area contributed by atoms with E-state index in [9.17, 15) is 35.9 Å². The molecule has 10 nitrogen and oxygen atoms in total. The first-order valence-corrected chi connectivity index (χ1v) is 15.1. The van der Waals surface area contributed by atoms with Gasteiger partial charge in [-0.15, -0.1) is 0 Å². The molecule has 6 rings (SSSR count). The number of benzene rings is 2. The van der Waals surface area contributed by atoms with Crippen molar-refractivity contribution in [1.29, 1.82) is 0 Å². The number of halogens is 6. The van der Waals surface area contributed by atoms with Crippen molar-refractivity contribution in [3.63, 3.8) is 0 Å². The Morgan fingerprint density at radius 1 is 0.833 bits per heavy atom. The molecular weight excluding hydrogens is 644 g/mol. The van der Waals surface area contributed by atoms with Crippen molar-refractivity contribution < 1.29 is 40.3 Å². The highest BCUT2D eigenvalue weighted by atomic mass is 19.4. The Hall–Kier alpha value is -5.28. The van der Waals surface area contributed by atoms with Gasteiger partial charge in [0.25, 0.3) is 11.9 Å². The number of hydrogen-bond donors (Lipinski definition) is 2. The molecule has 3 amide bonds. The van der Waals surface area contributed by atoms with Crippen LogP contribution in [-0.4, -0.2) is 66.1 Å². The first kappa shape index (κ1) is 32.7. The molecule has 2 saturated heterocycles. The Kier molecular flexibility index (Phi) is 9.15. The third-order valence-electron chi connectivity index (χ3n) is 8.22. The van der Waals surface area contributed by atoms with E-state index in [4.69, 9.17) is 4.42 Å². The molecule has 0 saturated carbocycles. The summed E-state index contributed by atoms with van der Waals surface area (Å²) in [4.78, 5) is 38.3. The van der Waals surface area contributed by atoms with Crippen LogP contribution in [-0.2, 0) is 6.18 Å². The average Bonchev–Trinajstić information content (AvgIpc) is 3.53. The van der Waals surface area contributed by atoms with Gasteiger partial charge in [-0.2, -0.15) is 18.2 Å². The van der Waals surface area contributed by atoms with E-state index in [1.807, 2.05) is 4.90 Å². The van der Waals surface area contributed by atoms with Crippen molar-refractivity contribution in [3.05, 3.63) is 95.3 Å². The van der Waals surface area contributed by atoms with E-state index in [2.05, 4.69) is 20.6 Å². The highest BCUT2D eigenvalue weighted by Gasteiger charge is 2.42. The maximum atomic E-state index is 13.9. The highest BCUT2D eigenvalue weighted by molar-refractivity contribution is 6.03. The fourth-order valence-corrected chi connectivity index (χ4v) is 5.74. The number of carbonyl (C=O) groups is 2. The summed E-state index contributed by atoms with van der Waals surface area (Å²) in [5.41, 5.74) is -0.831. The number of hydrogen-bond acceptors (Lipinski definition) is 7. The van der Waals surface area contributed by atoms with Crippen molar-refractivity contribution in [1.82, 2.24) is 14.9 Å². The monoisotopic (exact) mass is 673 g/mol. The largest absolute Gasteiger partial charge is 0.437 e. The number of oxazole rings is 1. The Balaban J connectivity index is 1.06. The Bertz CT molecular complexity index is 1760. The quantitative estimate of drug-likeness (QED) is 0.225. The zero-order valence-corrected chi connectivity index (χ0v) is 25.2. The number of para-hydroxylation sites is 1. The number of amides is 3. The molecule has 0 spiro atoms. The number of aromatic nitrogens is 2. The lowest BCUT2D eigenvalue weighted by Crippen LogP contribution is -2.50. The van der Waals surface area contributed by atoms with Gasteiger partial charge < -0.3 is 29.8 Å². The molecule has 2 aliphatic rings. The maximum Gasteiger partial charge on any atom is 0.437 e. The normalized spacial score (nSPS) is 15.8. The SMILES string of the molecule is O=C(Nc1ccc(N2CCN(C(=O)Nc3ccccc3F)CC2)nc1)c1oc(N2CCC(c3cc(F)cc(F)c3)CC2)nc1C(F)(F)F. The first-order chi connectivity index (χ1) is 22.9. The minimum Gasteiger partial charge on any atom is -0.417 e. The van der Waals surface area contributed by atoms with Crippen LogP contribution in [0.5, 0.6) is 0 Å². The Morgan fingerprint density at radius 3 is 2.15 bits per heavy atom. The van der Waals surface area contributed by atoms with Crippen LogP contribution in [0.3, 0.4) is 0 Å². The summed E-state index contributed by atoms with van der Waals surface area (Å²) in [5, 5.41) is 4.92. The number of nitrogens with one attached hydrogen (secondary N) is 2. The number of anilines is 4. The topological polar surface area (TPSA) is 107 Å². The molecular formula is C32H29F6N7O3. The van der Waals surface area contributed by atoms with Gasteiger partial charge in [0.1, 0.15) is 23.3 Å². The second-order valence-corrected chi connectivity index (χ2v) is 11.4. The molecule has 0 unspecified atom stereocenters. The lowest BCUT2D eigenvalue weighted by molar-refractivity contribution is -0.141. The van der Waals surface area contributed by atoms with E-state index in [-0.39, 0.29) is 36.4 Å². The molecule has 2 aliphatic heterocycles. The number of carbonyl (C=O) groups excluding carboxylic acids is 2. The molecule has 2 fully saturated rings. The first-order valence-electron chi connectivity index (χ1n) is 15.1. The van der Waals surface area contributed by atoms with Crippen LogP contribution < -0.4 is 20.4 Å². The van der Waals surface area contributed by atoms with Crippen molar-refractivity contribution in [3.8, 4) is 0 Å². The Labute approximate surface area is 270 Å². The van der Waals surface area contributed by atoms with Crippen LogP contribution in [0.15, 0.2) is 65.2 Å². The predicted octanol–water partition coefficient (Wildman–Crippen LogP) is 6.50. The lowest BCUT2D eigenvalue weighted by Gasteiger charge is -2.35. The van der Waals surface area contributed by atoms with Crippen LogP contribution in [0.4, 0.5) is 54.3 Å². The van der Waals surface area contributed by atoms with Crippen molar-refractivity contribution in [2.24, 2.45) is 0 Å². The van der Waals surface area contributed by atoms with E-state index in [1.54, 1.807) is 12.1 Å². The number of urea groups is 1. The molecule has 16 heteroatoms. The van der Waals surface area contributed by atoms with E-state index in [1.165, 1.54) is 52.4 Å². The van der Waals surface area contributed by atoms with Gasteiger partial charge in [-0.1, -0.05) is 12.1 Å². The van der Waals surface area contributed by atoms with Gasteiger partial charge in [-0.25, -0.2) is 22.9 Å². The minimum absolute atomic E-state index is 0.0780. The summed E-state index contributed by atoms with van der Waals surface area (Å²) in [5.74, 6) is -3.84. The van der Waals surface area contributed by atoms with Gasteiger partial charge in [0.05, 0.1) is 17.6 Å². The average molecular weight is 674 g/mol. The van der Waals surface area contributed by atoms with Crippen LogP contribution in [0.2, 0.25) is 0 Å². The second-order valence-electron chi connectivity index (χ2n) is 11.4. The summed E-state index contributed by atoms with van der Waals surface area (Å²) in [7, 11) is 0. The van der Waals surface area contributed by atoms with E-state index >= 15 is 0 Å². The molecule has 48 heavy (non-hydrogen) atoms. The summed E-state index contributed by atoms with van der Waals surface area (Å²) in [6.45, 7) is 1.87. The fourth-order valence-electron chi connectivity index (χ4n) is 5.74. The van der Waals surface area contributed by atoms with Crippen LogP contribution in [0.25, 0.3) is 0 Å². The number of rotatable bonds is 6. The molecule has 0 aliphatic carbocycles. The lowest BCUT2D eigenvalue weighted by atomic mass is 9.89. The summed E-state index contributed by atoms with van der Waals surface area (Å²) >= 11 is 0. The zero-order valence-electron chi connectivity index (χ0n) is 25.2. The Morgan fingerprint density at radius 2 is 1.52 bits per heavy atom. The van der Waals surface area contributed by atoms with E-state index < -0.39 is 47.0 Å². The van der Waals surface area contributed by atoms with Gasteiger partial charge >= 0.3 is 12.2 Å². The standard InChI is InChI=1S/C32H29F6N7O3/c33-21-15-20(16-22(34)17-21)19-7-9-45(10-8-19)31-42-28(32(36,37)38)27(48-31)29(46)40-23-5-6-26(39-18-23)43-11-13-44(14-12-43)30(47)41-25-4-2-1-3-24(25)35/h1-6,15-19H,7-14H2,(H,40,46)(H,41,47). The zero-order chi connectivity index (χ0) is 34.0. The second kappa shape index (κ2) is 13.4. The van der Waals surface area contributed by atoms with Gasteiger partial charge in [0.2, 0.25) is 5.76 Å².